The second-order valence-corrected chi connectivity index (χ2v) is 9.67. The Morgan fingerprint density at radius 1 is 0.844 bits per heavy atom. The van der Waals surface area contributed by atoms with Gasteiger partial charge in [0.2, 0.25) is 0 Å². The molecule has 0 saturated carbocycles. The van der Waals surface area contributed by atoms with Crippen molar-refractivity contribution in [3.05, 3.63) is 95.6 Å². The van der Waals surface area contributed by atoms with E-state index < -0.39 is 10.0 Å². The van der Waals surface area contributed by atoms with E-state index in [0.29, 0.717) is 17.8 Å². The molecule has 1 saturated heterocycles. The lowest BCUT2D eigenvalue weighted by Gasteiger charge is -2.15. The first kappa shape index (κ1) is 22.0. The summed E-state index contributed by atoms with van der Waals surface area (Å²) in [5.74, 6) is -0.254. The molecule has 0 aromatic heterocycles. The highest BCUT2D eigenvalue weighted by Gasteiger charge is 2.15. The lowest BCUT2D eigenvalue weighted by molar-refractivity contribution is 0.0951. The summed E-state index contributed by atoms with van der Waals surface area (Å²) in [6.07, 6.45) is 2.52. The van der Waals surface area contributed by atoms with E-state index in [0.717, 1.165) is 25.2 Å². The zero-order chi connectivity index (χ0) is 22.4. The van der Waals surface area contributed by atoms with Crippen LogP contribution in [0.25, 0.3) is 0 Å². The van der Waals surface area contributed by atoms with Crippen LogP contribution in [-0.4, -0.2) is 32.3 Å². The molecule has 1 fully saturated rings. The largest absolute Gasteiger partial charge is 0.348 e. The zero-order valence-corrected chi connectivity index (χ0v) is 18.6. The van der Waals surface area contributed by atoms with E-state index in [2.05, 4.69) is 27.1 Å². The predicted molar refractivity (Wildman–Crippen MR) is 126 cm³/mol. The van der Waals surface area contributed by atoms with Crippen molar-refractivity contribution in [3.8, 4) is 0 Å². The highest BCUT2D eigenvalue weighted by Crippen LogP contribution is 2.18. The Morgan fingerprint density at radius 2 is 1.56 bits per heavy atom. The standard InChI is InChI=1S/C25H27N3O3S/c29-25(26-18-20-8-6-9-21(16-20)19-28-14-4-5-15-28)22-10-7-11-23(17-22)27-32(30,31)24-12-2-1-3-13-24/h1-3,6-13,16-17,27H,4-5,14-15,18-19H2,(H,26,29). The van der Waals surface area contributed by atoms with E-state index in [1.165, 1.54) is 30.5 Å². The van der Waals surface area contributed by atoms with E-state index in [-0.39, 0.29) is 10.8 Å². The normalized spacial score (nSPS) is 14.2. The summed E-state index contributed by atoms with van der Waals surface area (Å²) in [4.78, 5) is 15.3. The molecule has 166 valence electrons. The fourth-order valence-corrected chi connectivity index (χ4v) is 4.93. The van der Waals surface area contributed by atoms with Crippen LogP contribution in [0.2, 0.25) is 0 Å². The van der Waals surface area contributed by atoms with Crippen LogP contribution >= 0.6 is 0 Å². The van der Waals surface area contributed by atoms with Gasteiger partial charge in [-0.1, -0.05) is 48.5 Å². The molecule has 0 radical (unpaired) electrons. The molecule has 0 atom stereocenters. The predicted octanol–water partition coefficient (Wildman–Crippen LogP) is 4.01. The quantitative estimate of drug-likeness (QED) is 0.545. The Hall–Kier alpha value is -3.16. The van der Waals surface area contributed by atoms with Gasteiger partial charge in [0.05, 0.1) is 4.90 Å². The first-order valence-corrected chi connectivity index (χ1v) is 12.2. The van der Waals surface area contributed by atoms with E-state index in [1.54, 1.807) is 42.5 Å². The number of carbonyl (C=O) groups is 1. The molecule has 1 heterocycles. The Bertz CT molecular complexity index is 1170. The van der Waals surface area contributed by atoms with Crippen LogP contribution in [0.1, 0.15) is 34.3 Å². The van der Waals surface area contributed by atoms with Crippen molar-refractivity contribution >= 4 is 21.6 Å². The highest BCUT2D eigenvalue weighted by molar-refractivity contribution is 7.92. The van der Waals surface area contributed by atoms with E-state index in [4.69, 9.17) is 0 Å². The Morgan fingerprint density at radius 3 is 2.34 bits per heavy atom. The molecule has 3 aromatic rings. The third kappa shape index (κ3) is 5.75. The average Bonchev–Trinajstić information content (AvgIpc) is 3.31. The van der Waals surface area contributed by atoms with Crippen LogP contribution in [-0.2, 0) is 23.1 Å². The molecular formula is C25H27N3O3S. The molecule has 0 aliphatic carbocycles. The lowest BCUT2D eigenvalue weighted by Crippen LogP contribution is -2.23. The average molecular weight is 450 g/mol. The molecular weight excluding hydrogens is 422 g/mol. The third-order valence-corrected chi connectivity index (χ3v) is 6.88. The lowest BCUT2D eigenvalue weighted by atomic mass is 10.1. The van der Waals surface area contributed by atoms with Gasteiger partial charge in [0.1, 0.15) is 0 Å². The maximum Gasteiger partial charge on any atom is 0.261 e. The number of anilines is 1. The van der Waals surface area contributed by atoms with Gasteiger partial charge < -0.3 is 5.32 Å². The Labute approximate surface area is 189 Å². The Kier molecular flexibility index (Phi) is 6.87. The summed E-state index contributed by atoms with van der Waals surface area (Å²) >= 11 is 0. The number of benzene rings is 3. The topological polar surface area (TPSA) is 78.5 Å². The maximum atomic E-state index is 12.7. The summed E-state index contributed by atoms with van der Waals surface area (Å²) in [5, 5.41) is 2.93. The second-order valence-electron chi connectivity index (χ2n) is 7.99. The smallest absolute Gasteiger partial charge is 0.261 e. The van der Waals surface area contributed by atoms with Crippen LogP contribution in [0.5, 0.6) is 0 Å². The minimum absolute atomic E-state index is 0.170. The molecule has 0 bridgehead atoms. The number of nitrogens with zero attached hydrogens (tertiary/aromatic N) is 1. The highest BCUT2D eigenvalue weighted by atomic mass is 32.2. The van der Waals surface area contributed by atoms with Crippen LogP contribution in [0, 0.1) is 0 Å². The van der Waals surface area contributed by atoms with Crippen molar-refractivity contribution in [1.29, 1.82) is 0 Å². The van der Waals surface area contributed by atoms with Gasteiger partial charge in [0.15, 0.2) is 0 Å². The van der Waals surface area contributed by atoms with Gasteiger partial charge in [-0.3, -0.25) is 14.4 Å². The number of amides is 1. The molecule has 2 N–H and O–H groups in total. The number of likely N-dealkylation sites (tertiary alicyclic amines) is 1. The summed E-state index contributed by atoms with van der Waals surface area (Å²) in [5.41, 5.74) is 3.02. The van der Waals surface area contributed by atoms with Crippen molar-refractivity contribution in [2.75, 3.05) is 17.8 Å². The van der Waals surface area contributed by atoms with Gasteiger partial charge in [0, 0.05) is 24.3 Å². The van der Waals surface area contributed by atoms with Gasteiger partial charge in [0.25, 0.3) is 15.9 Å². The number of rotatable bonds is 8. The molecule has 1 aliphatic rings. The van der Waals surface area contributed by atoms with E-state index >= 15 is 0 Å². The minimum Gasteiger partial charge on any atom is -0.348 e. The fraction of sp³-hybridized carbons (Fsp3) is 0.240. The molecule has 0 unspecified atom stereocenters. The van der Waals surface area contributed by atoms with Crippen LogP contribution in [0.4, 0.5) is 5.69 Å². The molecule has 32 heavy (non-hydrogen) atoms. The molecule has 3 aromatic carbocycles. The fourth-order valence-electron chi connectivity index (χ4n) is 3.86. The summed E-state index contributed by atoms with van der Waals surface area (Å²) in [6.45, 7) is 3.63. The van der Waals surface area contributed by atoms with E-state index in [9.17, 15) is 13.2 Å². The maximum absolute atomic E-state index is 12.7. The molecule has 6 nitrogen and oxygen atoms in total. The number of hydrogen-bond donors (Lipinski definition) is 2. The first-order chi connectivity index (χ1) is 15.5. The summed E-state index contributed by atoms with van der Waals surface area (Å²) < 4.78 is 27.6. The molecule has 1 aliphatic heterocycles. The van der Waals surface area contributed by atoms with Crippen molar-refractivity contribution in [3.63, 3.8) is 0 Å². The monoisotopic (exact) mass is 449 g/mol. The van der Waals surface area contributed by atoms with Gasteiger partial charge >= 0.3 is 0 Å². The van der Waals surface area contributed by atoms with Crippen LogP contribution < -0.4 is 10.0 Å². The van der Waals surface area contributed by atoms with Crippen LogP contribution in [0.3, 0.4) is 0 Å². The number of hydrogen-bond acceptors (Lipinski definition) is 4. The SMILES string of the molecule is O=C(NCc1cccc(CN2CCCC2)c1)c1cccc(NS(=O)(=O)c2ccccc2)c1. The van der Waals surface area contributed by atoms with Gasteiger partial charge in [-0.25, -0.2) is 8.42 Å². The van der Waals surface area contributed by atoms with Gasteiger partial charge in [-0.2, -0.15) is 0 Å². The zero-order valence-electron chi connectivity index (χ0n) is 17.8. The second kappa shape index (κ2) is 9.97. The first-order valence-electron chi connectivity index (χ1n) is 10.8. The number of sulfonamides is 1. The van der Waals surface area contributed by atoms with Crippen molar-refractivity contribution < 1.29 is 13.2 Å². The summed E-state index contributed by atoms with van der Waals surface area (Å²) in [7, 11) is -3.71. The Balaban J connectivity index is 1.38. The third-order valence-electron chi connectivity index (χ3n) is 5.48. The summed E-state index contributed by atoms with van der Waals surface area (Å²) in [6, 6.07) is 22.9. The molecule has 1 amide bonds. The number of carbonyl (C=O) groups excluding carboxylic acids is 1. The minimum atomic E-state index is -3.71. The van der Waals surface area contributed by atoms with Gasteiger partial charge in [-0.05, 0) is 67.4 Å². The van der Waals surface area contributed by atoms with Gasteiger partial charge in [-0.15, -0.1) is 0 Å². The van der Waals surface area contributed by atoms with Crippen molar-refractivity contribution in [2.45, 2.75) is 30.8 Å². The van der Waals surface area contributed by atoms with E-state index in [1.807, 2.05) is 12.1 Å². The molecule has 7 heteroatoms. The molecule has 4 rings (SSSR count). The van der Waals surface area contributed by atoms with Crippen molar-refractivity contribution in [2.24, 2.45) is 0 Å². The van der Waals surface area contributed by atoms with Crippen molar-refractivity contribution in [1.82, 2.24) is 10.2 Å². The molecule has 0 spiro atoms. The van der Waals surface area contributed by atoms with Crippen LogP contribution in [0.15, 0.2) is 83.8 Å². The number of nitrogens with one attached hydrogen (secondary N) is 2.